The molecule has 90 valence electrons. The summed E-state index contributed by atoms with van der Waals surface area (Å²) in [6.07, 6.45) is 2.93. The number of carboxylic acid groups (broad SMARTS) is 1. The molecule has 1 atom stereocenters. The molecule has 16 heavy (non-hydrogen) atoms. The second-order valence-electron chi connectivity index (χ2n) is 3.87. The van der Waals surface area contributed by atoms with E-state index in [9.17, 15) is 4.79 Å². The quantitative estimate of drug-likeness (QED) is 0.764. The van der Waals surface area contributed by atoms with Crippen molar-refractivity contribution in [3.63, 3.8) is 0 Å². The molecule has 0 aliphatic rings. The van der Waals surface area contributed by atoms with Crippen molar-refractivity contribution in [2.75, 3.05) is 6.54 Å². The Morgan fingerprint density at radius 1 is 1.62 bits per heavy atom. The summed E-state index contributed by atoms with van der Waals surface area (Å²) in [7, 11) is 0. The largest absolute Gasteiger partial charge is 0.481 e. The minimum Gasteiger partial charge on any atom is -0.481 e. The number of carboxylic acids is 1. The second kappa shape index (κ2) is 6.60. The predicted octanol–water partition coefficient (Wildman–Crippen LogP) is 1.82. The van der Waals surface area contributed by atoms with E-state index in [0.717, 1.165) is 18.5 Å². The molecule has 3 N–H and O–H groups in total. The van der Waals surface area contributed by atoms with Crippen molar-refractivity contribution >= 4 is 17.3 Å². The van der Waals surface area contributed by atoms with E-state index in [1.807, 2.05) is 6.92 Å². The highest BCUT2D eigenvalue weighted by Gasteiger charge is 2.17. The SMILES string of the molecule is Cc1ncsc1CCC(CCCN)C(=O)O. The number of aliphatic carboxylic acids is 1. The normalized spacial score (nSPS) is 12.6. The summed E-state index contributed by atoms with van der Waals surface area (Å²) in [5, 5.41) is 9.04. The Hall–Kier alpha value is -0.940. The average Bonchev–Trinajstić information content (AvgIpc) is 2.64. The molecule has 1 aromatic rings. The van der Waals surface area contributed by atoms with Crippen molar-refractivity contribution in [3.8, 4) is 0 Å². The topological polar surface area (TPSA) is 76.2 Å². The summed E-state index contributed by atoms with van der Waals surface area (Å²) in [6, 6.07) is 0. The molecule has 0 bridgehead atoms. The lowest BCUT2D eigenvalue weighted by molar-refractivity contribution is -0.142. The van der Waals surface area contributed by atoms with Crippen LogP contribution in [-0.4, -0.2) is 22.6 Å². The van der Waals surface area contributed by atoms with Gasteiger partial charge in [0.1, 0.15) is 0 Å². The summed E-state index contributed by atoms with van der Waals surface area (Å²) < 4.78 is 0. The fourth-order valence-corrected chi connectivity index (χ4v) is 2.42. The van der Waals surface area contributed by atoms with E-state index in [2.05, 4.69) is 4.98 Å². The molecule has 1 heterocycles. The Morgan fingerprint density at radius 3 is 2.88 bits per heavy atom. The molecule has 1 unspecified atom stereocenters. The number of hydrogen-bond donors (Lipinski definition) is 2. The first kappa shape index (κ1) is 13.1. The zero-order valence-electron chi connectivity index (χ0n) is 9.48. The molecule has 0 radical (unpaired) electrons. The van der Waals surface area contributed by atoms with Gasteiger partial charge in [0.15, 0.2) is 0 Å². The zero-order chi connectivity index (χ0) is 12.0. The number of hydrogen-bond acceptors (Lipinski definition) is 4. The first-order valence-corrected chi connectivity index (χ1v) is 6.35. The van der Waals surface area contributed by atoms with Gasteiger partial charge in [0.25, 0.3) is 0 Å². The Labute approximate surface area is 99.5 Å². The maximum atomic E-state index is 11.0. The van der Waals surface area contributed by atoms with Gasteiger partial charge in [-0.1, -0.05) is 0 Å². The first-order valence-electron chi connectivity index (χ1n) is 5.47. The van der Waals surface area contributed by atoms with Crippen LogP contribution in [0.2, 0.25) is 0 Å². The van der Waals surface area contributed by atoms with Crippen molar-refractivity contribution in [2.45, 2.75) is 32.6 Å². The maximum Gasteiger partial charge on any atom is 0.306 e. The molecule has 1 rings (SSSR count). The van der Waals surface area contributed by atoms with Crippen molar-refractivity contribution < 1.29 is 9.90 Å². The van der Waals surface area contributed by atoms with Crippen LogP contribution in [-0.2, 0) is 11.2 Å². The number of nitrogens with two attached hydrogens (primary N) is 1. The van der Waals surface area contributed by atoms with Gasteiger partial charge in [-0.2, -0.15) is 0 Å². The van der Waals surface area contributed by atoms with Gasteiger partial charge in [0.05, 0.1) is 17.1 Å². The Balaban J connectivity index is 2.44. The van der Waals surface area contributed by atoms with Crippen LogP contribution >= 0.6 is 11.3 Å². The van der Waals surface area contributed by atoms with Gasteiger partial charge in [-0.3, -0.25) is 4.79 Å². The molecule has 0 aliphatic carbocycles. The smallest absolute Gasteiger partial charge is 0.306 e. The molecular formula is C11H18N2O2S. The predicted molar refractivity (Wildman–Crippen MR) is 64.6 cm³/mol. The Bertz CT molecular complexity index is 338. The van der Waals surface area contributed by atoms with Crippen LogP contribution in [0.3, 0.4) is 0 Å². The van der Waals surface area contributed by atoms with Crippen LogP contribution in [0.15, 0.2) is 5.51 Å². The molecule has 0 aromatic carbocycles. The Morgan fingerprint density at radius 2 is 2.38 bits per heavy atom. The lowest BCUT2D eigenvalue weighted by Crippen LogP contribution is -2.16. The van der Waals surface area contributed by atoms with E-state index >= 15 is 0 Å². The number of aromatic nitrogens is 1. The van der Waals surface area contributed by atoms with Crippen LogP contribution in [0.5, 0.6) is 0 Å². The highest BCUT2D eigenvalue weighted by molar-refractivity contribution is 7.09. The van der Waals surface area contributed by atoms with Gasteiger partial charge in [0.2, 0.25) is 0 Å². The lowest BCUT2D eigenvalue weighted by atomic mass is 9.97. The molecule has 0 fully saturated rings. The van der Waals surface area contributed by atoms with E-state index in [4.69, 9.17) is 10.8 Å². The van der Waals surface area contributed by atoms with Crippen molar-refractivity contribution in [2.24, 2.45) is 11.7 Å². The maximum absolute atomic E-state index is 11.0. The van der Waals surface area contributed by atoms with Gasteiger partial charge in [0, 0.05) is 4.88 Å². The second-order valence-corrected chi connectivity index (χ2v) is 4.81. The first-order chi connectivity index (χ1) is 7.65. The van der Waals surface area contributed by atoms with Gasteiger partial charge < -0.3 is 10.8 Å². The third-order valence-corrected chi connectivity index (χ3v) is 3.67. The minimum atomic E-state index is -0.712. The standard InChI is InChI=1S/C11H18N2O2S/c1-8-10(16-7-13-8)5-4-9(11(14)15)3-2-6-12/h7,9H,2-6,12H2,1H3,(H,14,15). The summed E-state index contributed by atoms with van der Waals surface area (Å²) in [4.78, 5) is 16.3. The van der Waals surface area contributed by atoms with Crippen LogP contribution < -0.4 is 5.73 Å². The average molecular weight is 242 g/mol. The lowest BCUT2D eigenvalue weighted by Gasteiger charge is -2.10. The van der Waals surface area contributed by atoms with E-state index in [0.29, 0.717) is 19.4 Å². The molecule has 4 nitrogen and oxygen atoms in total. The summed E-state index contributed by atoms with van der Waals surface area (Å²) in [5.41, 5.74) is 8.22. The van der Waals surface area contributed by atoms with Crippen LogP contribution in [0.4, 0.5) is 0 Å². The van der Waals surface area contributed by atoms with Crippen LogP contribution in [0.25, 0.3) is 0 Å². The Kier molecular flexibility index (Phi) is 5.42. The molecular weight excluding hydrogens is 224 g/mol. The van der Waals surface area contributed by atoms with Gasteiger partial charge >= 0.3 is 5.97 Å². The molecule has 1 aromatic heterocycles. The van der Waals surface area contributed by atoms with E-state index in [1.54, 1.807) is 16.8 Å². The van der Waals surface area contributed by atoms with Crippen LogP contribution in [0, 0.1) is 12.8 Å². The van der Waals surface area contributed by atoms with Crippen molar-refractivity contribution in [1.29, 1.82) is 0 Å². The number of aryl methyl sites for hydroxylation is 2. The molecule has 5 heteroatoms. The number of thiazole rings is 1. The summed E-state index contributed by atoms with van der Waals surface area (Å²) in [6.45, 7) is 2.52. The van der Waals surface area contributed by atoms with E-state index in [1.165, 1.54) is 4.88 Å². The van der Waals surface area contributed by atoms with Gasteiger partial charge in [-0.15, -0.1) is 11.3 Å². The third kappa shape index (κ3) is 3.90. The fraction of sp³-hybridized carbons (Fsp3) is 0.636. The summed E-state index contributed by atoms with van der Waals surface area (Å²) >= 11 is 1.60. The monoisotopic (exact) mass is 242 g/mol. The van der Waals surface area contributed by atoms with Crippen molar-refractivity contribution in [1.82, 2.24) is 4.98 Å². The molecule has 0 saturated heterocycles. The minimum absolute atomic E-state index is 0.273. The molecule has 0 aliphatic heterocycles. The number of rotatable bonds is 7. The highest BCUT2D eigenvalue weighted by atomic mass is 32.1. The molecule has 0 amide bonds. The van der Waals surface area contributed by atoms with Crippen molar-refractivity contribution in [3.05, 3.63) is 16.1 Å². The molecule has 0 saturated carbocycles. The van der Waals surface area contributed by atoms with Crippen LogP contribution in [0.1, 0.15) is 29.8 Å². The van der Waals surface area contributed by atoms with E-state index in [-0.39, 0.29) is 5.92 Å². The fourth-order valence-electron chi connectivity index (χ4n) is 1.63. The molecule has 0 spiro atoms. The number of carbonyl (C=O) groups is 1. The zero-order valence-corrected chi connectivity index (χ0v) is 10.3. The number of nitrogens with zero attached hydrogens (tertiary/aromatic N) is 1. The highest BCUT2D eigenvalue weighted by Crippen LogP contribution is 2.19. The van der Waals surface area contributed by atoms with Gasteiger partial charge in [-0.05, 0) is 39.2 Å². The van der Waals surface area contributed by atoms with Gasteiger partial charge in [-0.25, -0.2) is 4.98 Å². The summed E-state index contributed by atoms with van der Waals surface area (Å²) in [5.74, 6) is -0.985. The van der Waals surface area contributed by atoms with E-state index < -0.39 is 5.97 Å². The third-order valence-electron chi connectivity index (χ3n) is 2.67.